The molecule has 5 nitrogen and oxygen atoms in total. The standard InChI is InChI=1S/C19H21FN2O3/c1-2-9-22(10-11-23)19(25)14-5-3-13(4-6-14)15-7-8-17(20)16(12-15)18(21)24/h3-8,12,23H,2,9-11H2,1H3,(H2,21,24). The Kier molecular flexibility index (Phi) is 6.25. The summed E-state index contributed by atoms with van der Waals surface area (Å²) < 4.78 is 13.6. The van der Waals surface area contributed by atoms with Crippen LogP contribution in [0.2, 0.25) is 0 Å². The first-order valence-corrected chi connectivity index (χ1v) is 8.07. The number of aliphatic hydroxyl groups excluding tert-OH is 1. The zero-order valence-electron chi connectivity index (χ0n) is 14.0. The van der Waals surface area contributed by atoms with Gasteiger partial charge >= 0.3 is 0 Å². The van der Waals surface area contributed by atoms with E-state index < -0.39 is 11.7 Å². The minimum absolute atomic E-state index is 0.0880. The molecule has 2 aromatic rings. The Morgan fingerprint density at radius 3 is 2.28 bits per heavy atom. The van der Waals surface area contributed by atoms with E-state index in [2.05, 4.69) is 0 Å². The number of nitrogens with zero attached hydrogens (tertiary/aromatic N) is 1. The Labute approximate surface area is 145 Å². The number of hydrogen-bond donors (Lipinski definition) is 2. The lowest BCUT2D eigenvalue weighted by Crippen LogP contribution is -2.34. The van der Waals surface area contributed by atoms with E-state index in [0.717, 1.165) is 12.0 Å². The van der Waals surface area contributed by atoms with Crippen molar-refractivity contribution in [2.24, 2.45) is 5.73 Å². The van der Waals surface area contributed by atoms with Crippen LogP contribution in [-0.4, -0.2) is 41.5 Å². The van der Waals surface area contributed by atoms with Crippen LogP contribution in [0.25, 0.3) is 11.1 Å². The molecule has 132 valence electrons. The third-order valence-electron chi connectivity index (χ3n) is 3.85. The molecule has 0 unspecified atom stereocenters. The second kappa shape index (κ2) is 8.39. The summed E-state index contributed by atoms with van der Waals surface area (Å²) in [7, 11) is 0. The molecule has 0 fully saturated rings. The fraction of sp³-hybridized carbons (Fsp3) is 0.263. The zero-order valence-corrected chi connectivity index (χ0v) is 14.0. The van der Waals surface area contributed by atoms with Crippen LogP contribution in [0.15, 0.2) is 42.5 Å². The smallest absolute Gasteiger partial charge is 0.253 e. The van der Waals surface area contributed by atoms with Crippen LogP contribution in [0.3, 0.4) is 0 Å². The zero-order chi connectivity index (χ0) is 18.4. The van der Waals surface area contributed by atoms with E-state index >= 15 is 0 Å². The molecular formula is C19H21FN2O3. The lowest BCUT2D eigenvalue weighted by molar-refractivity contribution is 0.0722. The molecule has 0 radical (unpaired) electrons. The predicted molar refractivity (Wildman–Crippen MR) is 93.6 cm³/mol. The highest BCUT2D eigenvalue weighted by Gasteiger charge is 2.15. The number of nitrogens with two attached hydrogens (primary N) is 1. The second-order valence-electron chi connectivity index (χ2n) is 5.65. The van der Waals surface area contributed by atoms with Crippen LogP contribution < -0.4 is 5.73 Å². The summed E-state index contributed by atoms with van der Waals surface area (Å²) in [6.07, 6.45) is 0.801. The van der Waals surface area contributed by atoms with Crippen molar-refractivity contribution in [2.45, 2.75) is 13.3 Å². The molecule has 0 aliphatic carbocycles. The molecule has 6 heteroatoms. The number of carbonyl (C=O) groups is 2. The van der Waals surface area contributed by atoms with Gasteiger partial charge in [-0.05, 0) is 41.8 Å². The van der Waals surface area contributed by atoms with Crippen LogP contribution in [0.5, 0.6) is 0 Å². The van der Waals surface area contributed by atoms with Crippen molar-refractivity contribution >= 4 is 11.8 Å². The number of aliphatic hydroxyl groups is 1. The minimum atomic E-state index is -0.828. The van der Waals surface area contributed by atoms with Crippen molar-refractivity contribution in [3.8, 4) is 11.1 Å². The number of primary amides is 1. The van der Waals surface area contributed by atoms with Gasteiger partial charge in [0.05, 0.1) is 12.2 Å². The van der Waals surface area contributed by atoms with E-state index in [0.29, 0.717) is 17.7 Å². The molecule has 2 amide bonds. The first-order valence-electron chi connectivity index (χ1n) is 8.07. The summed E-state index contributed by atoms with van der Waals surface area (Å²) in [5.74, 6) is -1.65. The Bertz CT molecular complexity index is 754. The highest BCUT2D eigenvalue weighted by atomic mass is 19.1. The third-order valence-corrected chi connectivity index (χ3v) is 3.85. The molecule has 0 saturated heterocycles. The average molecular weight is 344 g/mol. The predicted octanol–water partition coefficient (Wildman–Crippen LogP) is 2.44. The van der Waals surface area contributed by atoms with Crippen LogP contribution in [-0.2, 0) is 0 Å². The third kappa shape index (κ3) is 4.42. The van der Waals surface area contributed by atoms with Gasteiger partial charge in [-0.1, -0.05) is 25.1 Å². The molecule has 0 saturated carbocycles. The average Bonchev–Trinajstić information content (AvgIpc) is 2.61. The summed E-state index contributed by atoms with van der Waals surface area (Å²) in [5, 5.41) is 9.08. The number of rotatable bonds is 7. The van der Waals surface area contributed by atoms with Gasteiger partial charge in [-0.15, -0.1) is 0 Å². The van der Waals surface area contributed by atoms with Crippen molar-refractivity contribution in [3.05, 3.63) is 59.4 Å². The summed E-state index contributed by atoms with van der Waals surface area (Å²) >= 11 is 0. The largest absolute Gasteiger partial charge is 0.395 e. The normalized spacial score (nSPS) is 10.5. The van der Waals surface area contributed by atoms with Gasteiger partial charge in [0.15, 0.2) is 0 Å². The molecule has 0 aliphatic rings. The maximum absolute atomic E-state index is 13.6. The monoisotopic (exact) mass is 344 g/mol. The van der Waals surface area contributed by atoms with Gasteiger partial charge < -0.3 is 15.7 Å². The first-order chi connectivity index (χ1) is 12.0. The highest BCUT2D eigenvalue weighted by molar-refractivity contribution is 5.96. The molecular weight excluding hydrogens is 323 g/mol. The SMILES string of the molecule is CCCN(CCO)C(=O)c1ccc(-c2ccc(F)c(C(N)=O)c2)cc1. The molecule has 0 spiro atoms. The topological polar surface area (TPSA) is 83.6 Å². The van der Waals surface area contributed by atoms with Gasteiger partial charge in [0.1, 0.15) is 5.82 Å². The van der Waals surface area contributed by atoms with Crippen molar-refractivity contribution in [1.29, 1.82) is 0 Å². The highest BCUT2D eigenvalue weighted by Crippen LogP contribution is 2.23. The Balaban J connectivity index is 2.26. The van der Waals surface area contributed by atoms with Crippen molar-refractivity contribution < 1.29 is 19.1 Å². The molecule has 2 rings (SSSR count). The first kappa shape index (κ1) is 18.6. The lowest BCUT2D eigenvalue weighted by Gasteiger charge is -2.21. The van der Waals surface area contributed by atoms with Crippen LogP contribution in [0, 0.1) is 5.82 Å². The van der Waals surface area contributed by atoms with Gasteiger partial charge in [0.2, 0.25) is 0 Å². The number of halogens is 1. The van der Waals surface area contributed by atoms with Crippen molar-refractivity contribution in [1.82, 2.24) is 4.90 Å². The number of hydrogen-bond acceptors (Lipinski definition) is 3. The van der Waals surface area contributed by atoms with Gasteiger partial charge in [-0.3, -0.25) is 9.59 Å². The van der Waals surface area contributed by atoms with Gasteiger partial charge in [0, 0.05) is 18.7 Å². The van der Waals surface area contributed by atoms with E-state index in [1.807, 2.05) is 6.92 Å². The van der Waals surface area contributed by atoms with Gasteiger partial charge in [-0.25, -0.2) is 4.39 Å². The fourth-order valence-corrected chi connectivity index (χ4v) is 2.59. The van der Waals surface area contributed by atoms with Gasteiger partial charge in [-0.2, -0.15) is 0 Å². The Morgan fingerprint density at radius 1 is 1.08 bits per heavy atom. The van der Waals surface area contributed by atoms with E-state index in [-0.39, 0.29) is 24.6 Å². The van der Waals surface area contributed by atoms with Crippen LogP contribution in [0.4, 0.5) is 4.39 Å². The maximum Gasteiger partial charge on any atom is 0.253 e. The van der Waals surface area contributed by atoms with Crippen molar-refractivity contribution in [2.75, 3.05) is 19.7 Å². The molecule has 2 aromatic carbocycles. The molecule has 3 N–H and O–H groups in total. The van der Waals surface area contributed by atoms with Crippen LogP contribution in [0.1, 0.15) is 34.1 Å². The molecule has 0 atom stereocenters. The summed E-state index contributed by atoms with van der Waals surface area (Å²) in [4.78, 5) is 25.3. The van der Waals surface area contributed by atoms with E-state index in [9.17, 15) is 14.0 Å². The number of carbonyl (C=O) groups excluding carboxylic acids is 2. The molecule has 25 heavy (non-hydrogen) atoms. The number of benzene rings is 2. The number of amides is 2. The molecule has 0 aromatic heterocycles. The molecule has 0 heterocycles. The Morgan fingerprint density at radius 2 is 1.72 bits per heavy atom. The lowest BCUT2D eigenvalue weighted by atomic mass is 10.0. The quantitative estimate of drug-likeness (QED) is 0.809. The van der Waals surface area contributed by atoms with E-state index in [1.54, 1.807) is 35.2 Å². The minimum Gasteiger partial charge on any atom is -0.395 e. The fourth-order valence-electron chi connectivity index (χ4n) is 2.59. The van der Waals surface area contributed by atoms with E-state index in [4.69, 9.17) is 10.8 Å². The summed E-state index contributed by atoms with van der Waals surface area (Å²) in [5.41, 5.74) is 6.87. The summed E-state index contributed by atoms with van der Waals surface area (Å²) in [6.45, 7) is 2.73. The van der Waals surface area contributed by atoms with Crippen LogP contribution >= 0.6 is 0 Å². The van der Waals surface area contributed by atoms with Crippen molar-refractivity contribution in [3.63, 3.8) is 0 Å². The maximum atomic E-state index is 13.6. The second-order valence-corrected chi connectivity index (χ2v) is 5.65. The molecule has 0 aliphatic heterocycles. The Hall–Kier alpha value is -2.73. The van der Waals surface area contributed by atoms with Gasteiger partial charge in [0.25, 0.3) is 11.8 Å². The van der Waals surface area contributed by atoms with E-state index in [1.165, 1.54) is 12.1 Å². The molecule has 0 bridgehead atoms. The summed E-state index contributed by atoms with van der Waals surface area (Å²) in [6, 6.07) is 10.9.